The van der Waals surface area contributed by atoms with E-state index in [-0.39, 0.29) is 21.4 Å². The van der Waals surface area contributed by atoms with E-state index in [9.17, 15) is 13.2 Å². The first-order valence-electron chi connectivity index (χ1n) is 8.10. The highest BCUT2D eigenvalue weighted by atomic mass is 32.2. The van der Waals surface area contributed by atoms with Crippen molar-refractivity contribution >= 4 is 15.8 Å². The van der Waals surface area contributed by atoms with Gasteiger partial charge in [-0.1, -0.05) is 36.4 Å². The van der Waals surface area contributed by atoms with Gasteiger partial charge in [-0.2, -0.15) is 9.78 Å². The molecule has 0 aliphatic carbocycles. The second-order valence-corrected chi connectivity index (χ2v) is 7.53. The molecule has 0 bridgehead atoms. The topological polar surface area (TPSA) is 87.5 Å². The summed E-state index contributed by atoms with van der Waals surface area (Å²) in [4.78, 5) is 11.6. The van der Waals surface area contributed by atoms with Crippen LogP contribution in [0, 0.1) is 6.92 Å². The smallest absolute Gasteiger partial charge is 0.343 e. The van der Waals surface area contributed by atoms with Crippen LogP contribution in [0.4, 0.5) is 0 Å². The van der Waals surface area contributed by atoms with Crippen LogP contribution < -0.4 is 4.74 Å². The molecule has 0 amide bonds. The number of methoxy groups -OCH3 is 1. The van der Waals surface area contributed by atoms with E-state index >= 15 is 0 Å². The Bertz CT molecular complexity index is 1040. The van der Waals surface area contributed by atoms with Crippen LogP contribution in [-0.4, -0.2) is 37.9 Å². The minimum atomic E-state index is -3.90. The van der Waals surface area contributed by atoms with Gasteiger partial charge in [0.05, 0.1) is 23.4 Å². The third-order valence-corrected chi connectivity index (χ3v) is 5.74. The molecule has 1 heterocycles. The predicted octanol–water partition coefficient (Wildman–Crippen LogP) is 2.57. The first kappa shape index (κ1) is 18.7. The summed E-state index contributed by atoms with van der Waals surface area (Å²) in [6, 6.07) is 16.9. The molecule has 27 heavy (non-hydrogen) atoms. The molecule has 0 radical (unpaired) electrons. The molecule has 7 nitrogen and oxygen atoms in total. The van der Waals surface area contributed by atoms with Gasteiger partial charge >= 0.3 is 5.97 Å². The third kappa shape index (κ3) is 3.70. The van der Waals surface area contributed by atoms with E-state index < -0.39 is 22.4 Å². The monoisotopic (exact) mass is 386 g/mol. The summed E-state index contributed by atoms with van der Waals surface area (Å²) in [7, 11) is -2.67. The van der Waals surface area contributed by atoms with Gasteiger partial charge in [0.25, 0.3) is 0 Å². The minimum absolute atomic E-state index is 0.0343. The maximum Gasteiger partial charge on any atom is 0.343 e. The van der Waals surface area contributed by atoms with Gasteiger partial charge in [-0.3, -0.25) is 0 Å². The number of ether oxygens (including phenoxy) is 2. The van der Waals surface area contributed by atoms with Crippen LogP contribution in [0.5, 0.6) is 5.88 Å². The molecule has 0 saturated heterocycles. The number of para-hydroxylation sites is 1. The molecule has 0 fully saturated rings. The van der Waals surface area contributed by atoms with E-state index in [1.165, 1.54) is 23.9 Å². The first-order chi connectivity index (χ1) is 12.9. The highest BCUT2D eigenvalue weighted by Crippen LogP contribution is 2.34. The van der Waals surface area contributed by atoms with Crippen LogP contribution in [-0.2, 0) is 19.4 Å². The van der Waals surface area contributed by atoms with E-state index in [0.29, 0.717) is 5.69 Å². The van der Waals surface area contributed by atoms with Gasteiger partial charge in [0.2, 0.25) is 15.7 Å². The van der Waals surface area contributed by atoms with Crippen molar-refractivity contribution in [2.75, 3.05) is 13.7 Å². The Labute approximate surface area is 157 Å². The van der Waals surface area contributed by atoms with Crippen molar-refractivity contribution in [3.05, 3.63) is 66.4 Å². The number of benzene rings is 2. The maximum atomic E-state index is 13.2. The van der Waals surface area contributed by atoms with E-state index in [1.807, 2.05) is 6.07 Å². The summed E-state index contributed by atoms with van der Waals surface area (Å²) >= 11 is 0. The number of carbonyl (C=O) groups excluding carboxylic acids is 1. The van der Waals surface area contributed by atoms with Crippen LogP contribution in [0.2, 0.25) is 0 Å². The van der Waals surface area contributed by atoms with Gasteiger partial charge in [0.1, 0.15) is 0 Å². The number of hydrogen-bond donors (Lipinski definition) is 0. The Kier molecular flexibility index (Phi) is 5.27. The van der Waals surface area contributed by atoms with Crippen LogP contribution in [0.25, 0.3) is 5.69 Å². The number of aromatic nitrogens is 2. The lowest BCUT2D eigenvalue weighted by Gasteiger charge is -2.11. The number of rotatable bonds is 6. The van der Waals surface area contributed by atoms with Gasteiger partial charge in [-0.25, -0.2) is 13.2 Å². The summed E-state index contributed by atoms with van der Waals surface area (Å²) < 4.78 is 37.9. The second kappa shape index (κ2) is 7.63. The lowest BCUT2D eigenvalue weighted by molar-refractivity contribution is -0.143. The highest BCUT2D eigenvalue weighted by molar-refractivity contribution is 7.91. The predicted molar refractivity (Wildman–Crippen MR) is 97.7 cm³/mol. The lowest BCUT2D eigenvalue weighted by Crippen LogP contribution is -2.16. The molecule has 0 unspecified atom stereocenters. The largest absolute Gasteiger partial charge is 0.466 e. The van der Waals surface area contributed by atoms with E-state index in [1.54, 1.807) is 49.4 Å². The number of sulfone groups is 1. The number of esters is 1. The van der Waals surface area contributed by atoms with Crippen molar-refractivity contribution in [2.24, 2.45) is 0 Å². The number of carbonyl (C=O) groups is 1. The molecular formula is C19H18N2O5S. The minimum Gasteiger partial charge on any atom is -0.466 e. The van der Waals surface area contributed by atoms with Gasteiger partial charge in [-0.05, 0) is 31.2 Å². The molecule has 3 rings (SSSR count). The quantitative estimate of drug-likeness (QED) is 0.605. The highest BCUT2D eigenvalue weighted by Gasteiger charge is 2.31. The standard InChI is InChI=1S/C19H18N2O5S/c1-14-18(27(23,24)16-11-7-4-8-12-16)19(26-13-17(22)25-2)21(20-14)15-9-5-3-6-10-15/h3-12H,13H2,1-2H3. The van der Waals surface area contributed by atoms with Crippen LogP contribution in [0.1, 0.15) is 5.69 Å². The fourth-order valence-electron chi connectivity index (χ4n) is 2.58. The van der Waals surface area contributed by atoms with E-state index in [2.05, 4.69) is 9.84 Å². The van der Waals surface area contributed by atoms with E-state index in [0.717, 1.165) is 0 Å². The molecular weight excluding hydrogens is 368 g/mol. The molecule has 8 heteroatoms. The summed E-state index contributed by atoms with van der Waals surface area (Å²) in [6.07, 6.45) is 0. The molecule has 2 aromatic carbocycles. The average molecular weight is 386 g/mol. The normalized spacial score (nSPS) is 11.2. The zero-order valence-electron chi connectivity index (χ0n) is 14.8. The molecule has 0 saturated carbocycles. The molecule has 3 aromatic rings. The Balaban J connectivity index is 2.18. The van der Waals surface area contributed by atoms with Crippen molar-refractivity contribution < 1.29 is 22.7 Å². The van der Waals surface area contributed by atoms with Gasteiger partial charge < -0.3 is 9.47 Å². The SMILES string of the molecule is COC(=O)COc1c(S(=O)(=O)c2ccccc2)c(C)nn1-c1ccccc1. The van der Waals surface area contributed by atoms with Crippen molar-refractivity contribution in [2.45, 2.75) is 16.7 Å². The van der Waals surface area contributed by atoms with Crippen molar-refractivity contribution in [3.8, 4) is 11.6 Å². The number of nitrogens with zero attached hydrogens (tertiary/aromatic N) is 2. The average Bonchev–Trinajstić information content (AvgIpc) is 3.04. The summed E-state index contributed by atoms with van der Waals surface area (Å²) in [5.41, 5.74) is 0.873. The molecule has 0 aliphatic heterocycles. The fourth-order valence-corrected chi connectivity index (χ4v) is 4.13. The third-order valence-electron chi connectivity index (χ3n) is 3.84. The van der Waals surface area contributed by atoms with Crippen molar-refractivity contribution in [3.63, 3.8) is 0 Å². The molecule has 0 atom stereocenters. The molecule has 0 spiro atoms. The van der Waals surface area contributed by atoms with E-state index in [4.69, 9.17) is 4.74 Å². The molecule has 0 N–H and O–H groups in total. The first-order valence-corrected chi connectivity index (χ1v) is 9.58. The van der Waals surface area contributed by atoms with Gasteiger partial charge in [-0.15, -0.1) is 0 Å². The maximum absolute atomic E-state index is 13.2. The number of aryl methyl sites for hydroxylation is 1. The van der Waals surface area contributed by atoms with Crippen LogP contribution >= 0.6 is 0 Å². The van der Waals surface area contributed by atoms with Gasteiger partial charge in [0.15, 0.2) is 11.5 Å². The Morgan fingerprint density at radius 1 is 1.04 bits per heavy atom. The molecule has 140 valence electrons. The second-order valence-electron chi connectivity index (χ2n) is 5.65. The van der Waals surface area contributed by atoms with Crippen LogP contribution in [0.15, 0.2) is 70.5 Å². The lowest BCUT2D eigenvalue weighted by atomic mass is 10.3. The zero-order chi connectivity index (χ0) is 19.4. The fraction of sp³-hybridized carbons (Fsp3) is 0.158. The Morgan fingerprint density at radius 3 is 2.22 bits per heavy atom. The van der Waals surface area contributed by atoms with Crippen LogP contribution in [0.3, 0.4) is 0 Å². The Morgan fingerprint density at radius 2 is 1.63 bits per heavy atom. The summed E-state index contributed by atoms with van der Waals surface area (Å²) in [5.74, 6) is -0.663. The summed E-state index contributed by atoms with van der Waals surface area (Å²) in [5, 5.41) is 4.34. The molecule has 0 aliphatic rings. The van der Waals surface area contributed by atoms with Crippen molar-refractivity contribution in [1.29, 1.82) is 0 Å². The molecule has 1 aromatic heterocycles. The van der Waals surface area contributed by atoms with Gasteiger partial charge in [0, 0.05) is 0 Å². The zero-order valence-corrected chi connectivity index (χ0v) is 15.6. The Hall–Kier alpha value is -3.13. The van der Waals surface area contributed by atoms with Crippen molar-refractivity contribution in [1.82, 2.24) is 9.78 Å². The summed E-state index contributed by atoms with van der Waals surface area (Å²) in [6.45, 7) is 1.14. The number of hydrogen-bond acceptors (Lipinski definition) is 6.